The Morgan fingerprint density at radius 1 is 0.889 bits per heavy atom. The maximum Gasteiger partial charge on any atom is 0.228 e. The maximum atomic E-state index is 12.0. The molecule has 1 aliphatic heterocycles. The SMILES string of the molecule is CC(=O)N1c2ccccc2CCc2ccccc21. The highest BCUT2D eigenvalue weighted by Gasteiger charge is 2.22. The van der Waals surface area contributed by atoms with E-state index in [1.165, 1.54) is 11.1 Å². The third-order valence-corrected chi connectivity index (χ3v) is 3.44. The van der Waals surface area contributed by atoms with E-state index in [4.69, 9.17) is 0 Å². The highest BCUT2D eigenvalue weighted by Crippen LogP contribution is 2.35. The molecule has 0 spiro atoms. The van der Waals surface area contributed by atoms with Crippen molar-refractivity contribution in [1.29, 1.82) is 0 Å². The van der Waals surface area contributed by atoms with E-state index >= 15 is 0 Å². The standard InChI is InChI=1S/C16H15NO/c1-12(18)17-15-8-4-2-6-13(15)10-11-14-7-3-5-9-16(14)17/h2-9H,10-11H2,1H3. The summed E-state index contributed by atoms with van der Waals surface area (Å²) >= 11 is 0. The van der Waals surface area contributed by atoms with Crippen LogP contribution < -0.4 is 4.90 Å². The topological polar surface area (TPSA) is 20.3 Å². The number of para-hydroxylation sites is 2. The summed E-state index contributed by atoms with van der Waals surface area (Å²) in [4.78, 5) is 13.8. The molecule has 0 bridgehead atoms. The van der Waals surface area contributed by atoms with Crippen molar-refractivity contribution in [2.24, 2.45) is 0 Å². The Bertz CT molecular complexity index is 556. The van der Waals surface area contributed by atoms with Gasteiger partial charge >= 0.3 is 0 Å². The first-order chi connectivity index (χ1) is 8.77. The summed E-state index contributed by atoms with van der Waals surface area (Å²) in [5, 5.41) is 0. The molecule has 2 aromatic carbocycles. The van der Waals surface area contributed by atoms with Crippen molar-refractivity contribution >= 4 is 17.3 Å². The van der Waals surface area contributed by atoms with E-state index in [1.54, 1.807) is 6.92 Å². The fraction of sp³-hybridized carbons (Fsp3) is 0.188. The van der Waals surface area contributed by atoms with Crippen LogP contribution in [-0.4, -0.2) is 5.91 Å². The summed E-state index contributed by atoms with van der Waals surface area (Å²) in [6, 6.07) is 16.3. The largest absolute Gasteiger partial charge is 0.281 e. The van der Waals surface area contributed by atoms with Crippen LogP contribution >= 0.6 is 0 Å². The lowest BCUT2D eigenvalue weighted by Gasteiger charge is -2.23. The fourth-order valence-corrected chi connectivity index (χ4v) is 2.62. The molecule has 1 aliphatic rings. The average molecular weight is 237 g/mol. The van der Waals surface area contributed by atoms with Gasteiger partial charge in [0.05, 0.1) is 11.4 Å². The molecule has 0 atom stereocenters. The zero-order chi connectivity index (χ0) is 12.5. The van der Waals surface area contributed by atoms with Gasteiger partial charge in [0.15, 0.2) is 0 Å². The molecule has 0 aromatic heterocycles. The van der Waals surface area contributed by atoms with Crippen molar-refractivity contribution in [2.75, 3.05) is 4.90 Å². The van der Waals surface area contributed by atoms with Crippen molar-refractivity contribution in [1.82, 2.24) is 0 Å². The van der Waals surface area contributed by atoms with E-state index < -0.39 is 0 Å². The number of fused-ring (bicyclic) bond motifs is 2. The third-order valence-electron chi connectivity index (χ3n) is 3.44. The first kappa shape index (κ1) is 11.0. The molecule has 1 amide bonds. The number of nitrogens with zero attached hydrogens (tertiary/aromatic N) is 1. The lowest BCUT2D eigenvalue weighted by atomic mass is 10.0. The van der Waals surface area contributed by atoms with E-state index in [0.29, 0.717) is 0 Å². The summed E-state index contributed by atoms with van der Waals surface area (Å²) in [6.07, 6.45) is 1.97. The average Bonchev–Trinajstić information content (AvgIpc) is 2.55. The predicted molar refractivity (Wildman–Crippen MR) is 73.1 cm³/mol. The summed E-state index contributed by atoms with van der Waals surface area (Å²) in [6.45, 7) is 1.62. The monoisotopic (exact) mass is 237 g/mol. The molecule has 0 radical (unpaired) electrons. The van der Waals surface area contributed by atoms with Crippen molar-refractivity contribution in [2.45, 2.75) is 19.8 Å². The molecule has 1 heterocycles. The van der Waals surface area contributed by atoms with E-state index in [0.717, 1.165) is 24.2 Å². The van der Waals surface area contributed by atoms with E-state index in [9.17, 15) is 4.79 Å². The van der Waals surface area contributed by atoms with Gasteiger partial charge in [-0.15, -0.1) is 0 Å². The molecular weight excluding hydrogens is 222 g/mol. The molecule has 2 heteroatoms. The van der Waals surface area contributed by atoms with Crippen LogP contribution in [-0.2, 0) is 17.6 Å². The minimum atomic E-state index is 0.0665. The fourth-order valence-electron chi connectivity index (χ4n) is 2.62. The number of amides is 1. The van der Waals surface area contributed by atoms with Crippen LogP contribution in [0.4, 0.5) is 11.4 Å². The van der Waals surface area contributed by atoms with Gasteiger partial charge < -0.3 is 0 Å². The summed E-state index contributed by atoms with van der Waals surface area (Å²) < 4.78 is 0. The van der Waals surface area contributed by atoms with Crippen molar-refractivity contribution < 1.29 is 4.79 Å². The smallest absolute Gasteiger partial charge is 0.228 e. The highest BCUT2D eigenvalue weighted by atomic mass is 16.2. The summed E-state index contributed by atoms with van der Waals surface area (Å²) in [5.74, 6) is 0.0665. The first-order valence-electron chi connectivity index (χ1n) is 6.24. The van der Waals surface area contributed by atoms with Crippen molar-refractivity contribution in [3.8, 4) is 0 Å². The van der Waals surface area contributed by atoms with Gasteiger partial charge in [-0.1, -0.05) is 36.4 Å². The Morgan fingerprint density at radius 2 is 1.33 bits per heavy atom. The number of hydrogen-bond donors (Lipinski definition) is 0. The molecular formula is C16H15NO. The van der Waals surface area contributed by atoms with Gasteiger partial charge in [-0.3, -0.25) is 9.69 Å². The number of aryl methyl sites for hydroxylation is 2. The number of carbonyl (C=O) groups is 1. The molecule has 3 rings (SSSR count). The summed E-state index contributed by atoms with van der Waals surface area (Å²) in [5.41, 5.74) is 4.53. The first-order valence-corrected chi connectivity index (χ1v) is 6.24. The van der Waals surface area contributed by atoms with Crippen LogP contribution in [0.5, 0.6) is 0 Å². The molecule has 0 saturated heterocycles. The van der Waals surface area contributed by atoms with E-state index in [-0.39, 0.29) is 5.91 Å². The summed E-state index contributed by atoms with van der Waals surface area (Å²) in [7, 11) is 0. The Balaban J connectivity index is 2.24. The Kier molecular flexibility index (Phi) is 2.63. The van der Waals surface area contributed by atoms with Crippen LogP contribution in [0, 0.1) is 0 Å². The van der Waals surface area contributed by atoms with Gasteiger partial charge in [0, 0.05) is 6.92 Å². The van der Waals surface area contributed by atoms with Crippen molar-refractivity contribution in [3.05, 3.63) is 59.7 Å². The minimum absolute atomic E-state index is 0.0665. The van der Waals surface area contributed by atoms with Crippen LogP contribution in [0.1, 0.15) is 18.1 Å². The second-order valence-corrected chi connectivity index (χ2v) is 4.61. The molecule has 18 heavy (non-hydrogen) atoms. The maximum absolute atomic E-state index is 12.0. The van der Waals surface area contributed by atoms with Gasteiger partial charge in [0.1, 0.15) is 0 Å². The van der Waals surface area contributed by atoms with Gasteiger partial charge in [0.25, 0.3) is 0 Å². The molecule has 0 aliphatic carbocycles. The van der Waals surface area contributed by atoms with Gasteiger partial charge in [0.2, 0.25) is 5.91 Å². The molecule has 0 saturated carbocycles. The Hall–Kier alpha value is -2.09. The van der Waals surface area contributed by atoms with Gasteiger partial charge in [-0.25, -0.2) is 0 Å². The number of carbonyl (C=O) groups excluding carboxylic acids is 1. The Morgan fingerprint density at radius 3 is 1.78 bits per heavy atom. The molecule has 0 fully saturated rings. The third kappa shape index (κ3) is 1.70. The molecule has 0 N–H and O–H groups in total. The minimum Gasteiger partial charge on any atom is -0.281 e. The highest BCUT2D eigenvalue weighted by molar-refractivity contribution is 6.00. The second-order valence-electron chi connectivity index (χ2n) is 4.61. The van der Waals surface area contributed by atoms with E-state index in [1.807, 2.05) is 41.3 Å². The normalized spacial score (nSPS) is 13.5. The van der Waals surface area contributed by atoms with Gasteiger partial charge in [-0.05, 0) is 36.1 Å². The Labute approximate surface area is 107 Å². The number of rotatable bonds is 0. The zero-order valence-corrected chi connectivity index (χ0v) is 10.4. The van der Waals surface area contributed by atoms with Gasteiger partial charge in [-0.2, -0.15) is 0 Å². The van der Waals surface area contributed by atoms with E-state index in [2.05, 4.69) is 12.1 Å². The molecule has 2 aromatic rings. The lowest BCUT2D eigenvalue weighted by molar-refractivity contribution is -0.115. The molecule has 2 nitrogen and oxygen atoms in total. The predicted octanol–water partition coefficient (Wildman–Crippen LogP) is 3.47. The number of benzene rings is 2. The van der Waals surface area contributed by atoms with Crippen LogP contribution in [0.3, 0.4) is 0 Å². The molecule has 90 valence electrons. The van der Waals surface area contributed by atoms with Crippen LogP contribution in [0.2, 0.25) is 0 Å². The zero-order valence-electron chi connectivity index (χ0n) is 10.4. The van der Waals surface area contributed by atoms with Crippen molar-refractivity contribution in [3.63, 3.8) is 0 Å². The molecule has 0 unspecified atom stereocenters. The number of anilines is 2. The van der Waals surface area contributed by atoms with Crippen LogP contribution in [0.25, 0.3) is 0 Å². The lowest BCUT2D eigenvalue weighted by Crippen LogP contribution is -2.23. The number of hydrogen-bond acceptors (Lipinski definition) is 1. The quantitative estimate of drug-likeness (QED) is 0.687. The van der Waals surface area contributed by atoms with Crippen LogP contribution in [0.15, 0.2) is 48.5 Å². The second kappa shape index (κ2) is 4.30.